The number of hydrogen-bond acceptors (Lipinski definition) is 3. The van der Waals surface area contributed by atoms with Gasteiger partial charge in [0.2, 0.25) is 0 Å². The van der Waals surface area contributed by atoms with Crippen molar-refractivity contribution in [1.82, 2.24) is 0 Å². The number of carboxylic acids is 1. The Morgan fingerprint density at radius 2 is 2.56 bits per heavy atom. The zero-order valence-electron chi connectivity index (χ0n) is 4.61. The van der Waals surface area contributed by atoms with Gasteiger partial charge in [0.15, 0.2) is 4.58 Å². The number of hydrogen-bond donors (Lipinski definition) is 1. The minimum atomic E-state index is -0.727. The molecule has 4 heteroatoms. The topological polar surface area (TPSA) is 37.3 Å². The first kappa shape index (κ1) is 7.02. The van der Waals surface area contributed by atoms with Crippen LogP contribution in [0.3, 0.4) is 0 Å². The van der Waals surface area contributed by atoms with Crippen LogP contribution in [0.25, 0.3) is 0 Å². The van der Waals surface area contributed by atoms with Crippen LogP contribution in [-0.2, 0) is 4.79 Å². The minimum Gasteiger partial charge on any atom is -0.480 e. The molecule has 9 heavy (non-hydrogen) atoms. The smallest absolute Gasteiger partial charge is 0.327 e. The monoisotopic (exact) mass is 162 g/mol. The van der Waals surface area contributed by atoms with E-state index < -0.39 is 5.97 Å². The fourth-order valence-corrected chi connectivity index (χ4v) is 2.33. The van der Waals surface area contributed by atoms with Gasteiger partial charge in [0, 0.05) is 5.75 Å². The molecule has 2 nitrogen and oxygen atoms in total. The molecule has 1 N–H and O–H groups in total. The van der Waals surface area contributed by atoms with Gasteiger partial charge in [-0.1, -0.05) is 6.08 Å². The highest BCUT2D eigenvalue weighted by Gasteiger charge is 2.18. The molecule has 0 aliphatic carbocycles. The van der Waals surface area contributed by atoms with Crippen LogP contribution >= 0.6 is 23.5 Å². The lowest BCUT2D eigenvalue weighted by Crippen LogP contribution is -2.12. The maximum Gasteiger partial charge on any atom is 0.327 e. The molecule has 0 saturated heterocycles. The first-order valence-electron chi connectivity index (χ1n) is 2.45. The maximum absolute atomic E-state index is 10.3. The Morgan fingerprint density at radius 3 is 2.89 bits per heavy atom. The van der Waals surface area contributed by atoms with Gasteiger partial charge in [-0.25, -0.2) is 0 Å². The van der Waals surface area contributed by atoms with Gasteiger partial charge in [0.05, 0.1) is 0 Å². The van der Waals surface area contributed by atoms with Crippen molar-refractivity contribution < 1.29 is 9.90 Å². The van der Waals surface area contributed by atoms with Crippen molar-refractivity contribution in [2.75, 3.05) is 5.75 Å². The summed E-state index contributed by atoms with van der Waals surface area (Å²) in [6.45, 7) is 0. The molecule has 0 amide bonds. The SMILES string of the molecule is O=C(O)[C@H]1SC=CCS1. The van der Waals surface area contributed by atoms with Crippen molar-refractivity contribution >= 4 is 29.5 Å². The van der Waals surface area contributed by atoms with Crippen molar-refractivity contribution in [3.05, 3.63) is 11.5 Å². The van der Waals surface area contributed by atoms with Crippen LogP contribution in [0.1, 0.15) is 0 Å². The number of rotatable bonds is 1. The van der Waals surface area contributed by atoms with Gasteiger partial charge in [0.1, 0.15) is 0 Å². The second kappa shape index (κ2) is 3.17. The van der Waals surface area contributed by atoms with E-state index in [1.54, 1.807) is 0 Å². The third-order valence-corrected chi connectivity index (χ3v) is 3.27. The molecule has 1 heterocycles. The van der Waals surface area contributed by atoms with Gasteiger partial charge in [-0.3, -0.25) is 4.79 Å². The summed E-state index contributed by atoms with van der Waals surface area (Å²) in [5, 5.41) is 10.3. The van der Waals surface area contributed by atoms with E-state index in [0.29, 0.717) is 0 Å². The van der Waals surface area contributed by atoms with E-state index in [-0.39, 0.29) is 4.58 Å². The average Bonchev–Trinajstić information content (AvgIpc) is 1.90. The molecule has 0 spiro atoms. The van der Waals surface area contributed by atoms with Crippen LogP contribution in [0.5, 0.6) is 0 Å². The predicted octanol–water partition coefficient (Wildman–Crippen LogP) is 1.39. The van der Waals surface area contributed by atoms with Crippen LogP contribution in [0.4, 0.5) is 0 Å². The highest BCUT2D eigenvalue weighted by atomic mass is 32.2. The van der Waals surface area contributed by atoms with Crippen LogP contribution < -0.4 is 0 Å². The number of aliphatic carboxylic acids is 1. The van der Waals surface area contributed by atoms with Crippen molar-refractivity contribution in [1.29, 1.82) is 0 Å². The van der Waals surface area contributed by atoms with E-state index in [1.807, 2.05) is 11.5 Å². The van der Waals surface area contributed by atoms with Gasteiger partial charge >= 0.3 is 5.97 Å². The summed E-state index contributed by atoms with van der Waals surface area (Å²) in [6.07, 6.45) is 1.97. The van der Waals surface area contributed by atoms with E-state index in [4.69, 9.17) is 5.11 Å². The quantitative estimate of drug-likeness (QED) is 0.632. The predicted molar refractivity (Wildman–Crippen MR) is 40.6 cm³/mol. The molecule has 1 rings (SSSR count). The molecular formula is C5H6O2S2. The largest absolute Gasteiger partial charge is 0.480 e. The summed E-state index contributed by atoms with van der Waals surface area (Å²) in [5.41, 5.74) is 0. The molecule has 0 unspecified atom stereocenters. The van der Waals surface area contributed by atoms with E-state index in [9.17, 15) is 4.79 Å². The second-order valence-corrected chi connectivity index (χ2v) is 3.96. The zero-order valence-corrected chi connectivity index (χ0v) is 6.24. The molecule has 1 aliphatic heterocycles. The summed E-state index contributed by atoms with van der Waals surface area (Å²) in [4.78, 5) is 10.3. The fraction of sp³-hybridized carbons (Fsp3) is 0.400. The molecule has 1 aliphatic rings. The van der Waals surface area contributed by atoms with E-state index in [1.165, 1.54) is 23.5 Å². The highest BCUT2D eigenvalue weighted by molar-refractivity contribution is 8.20. The Morgan fingerprint density at radius 1 is 1.78 bits per heavy atom. The van der Waals surface area contributed by atoms with Gasteiger partial charge in [0.25, 0.3) is 0 Å². The van der Waals surface area contributed by atoms with Crippen molar-refractivity contribution in [3.8, 4) is 0 Å². The number of carbonyl (C=O) groups is 1. The highest BCUT2D eigenvalue weighted by Crippen LogP contribution is 2.28. The van der Waals surface area contributed by atoms with Crippen LogP contribution in [0, 0.1) is 0 Å². The molecule has 0 radical (unpaired) electrons. The first-order chi connectivity index (χ1) is 4.30. The van der Waals surface area contributed by atoms with Crippen molar-refractivity contribution in [2.45, 2.75) is 4.58 Å². The number of thioether (sulfide) groups is 2. The molecule has 0 saturated carbocycles. The molecular weight excluding hydrogens is 156 g/mol. The van der Waals surface area contributed by atoms with E-state index >= 15 is 0 Å². The van der Waals surface area contributed by atoms with E-state index in [0.717, 1.165) is 5.75 Å². The molecule has 0 aromatic rings. The normalized spacial score (nSPS) is 26.0. The second-order valence-electron chi connectivity index (χ2n) is 1.51. The lowest BCUT2D eigenvalue weighted by Gasteiger charge is -2.10. The van der Waals surface area contributed by atoms with Gasteiger partial charge < -0.3 is 5.11 Å². The zero-order chi connectivity index (χ0) is 6.69. The molecule has 0 bridgehead atoms. The third-order valence-electron chi connectivity index (χ3n) is 0.844. The van der Waals surface area contributed by atoms with E-state index in [2.05, 4.69) is 0 Å². The summed E-state index contributed by atoms with van der Waals surface area (Å²) in [7, 11) is 0. The standard InChI is InChI=1S/C5H6O2S2/c6-4(7)5-8-2-1-3-9-5/h1-2,5H,3H2,(H,6,7)/t5-/m0/s1. The average molecular weight is 162 g/mol. The van der Waals surface area contributed by atoms with Gasteiger partial charge in [-0.2, -0.15) is 0 Å². The fourth-order valence-electron chi connectivity index (χ4n) is 0.478. The number of carboxylic acid groups (broad SMARTS) is 1. The summed E-state index contributed by atoms with van der Waals surface area (Å²) in [5.74, 6) is 0.0959. The molecule has 1 atom stereocenters. The molecule has 0 fully saturated rings. The Bertz CT molecular complexity index is 144. The third kappa shape index (κ3) is 1.95. The lowest BCUT2D eigenvalue weighted by atomic mass is 10.7. The van der Waals surface area contributed by atoms with Gasteiger partial charge in [-0.05, 0) is 5.41 Å². The summed E-state index contributed by atoms with van der Waals surface area (Å²) < 4.78 is -0.282. The van der Waals surface area contributed by atoms with Crippen LogP contribution in [0.2, 0.25) is 0 Å². The minimum absolute atomic E-state index is 0.282. The maximum atomic E-state index is 10.3. The first-order valence-corrected chi connectivity index (χ1v) is 4.45. The van der Waals surface area contributed by atoms with Crippen molar-refractivity contribution in [3.63, 3.8) is 0 Å². The molecule has 0 aromatic carbocycles. The van der Waals surface area contributed by atoms with Crippen LogP contribution in [-0.4, -0.2) is 21.4 Å². The van der Waals surface area contributed by atoms with Crippen LogP contribution in [0.15, 0.2) is 11.5 Å². The lowest BCUT2D eigenvalue weighted by molar-refractivity contribution is -0.134. The molecule has 0 aromatic heterocycles. The summed E-state index contributed by atoms with van der Waals surface area (Å²) >= 11 is 2.80. The Balaban J connectivity index is 2.44. The van der Waals surface area contributed by atoms with Crippen molar-refractivity contribution in [2.24, 2.45) is 0 Å². The Kier molecular flexibility index (Phi) is 2.48. The Hall–Kier alpha value is -0.0900. The molecule has 50 valence electrons. The summed E-state index contributed by atoms with van der Waals surface area (Å²) in [6, 6.07) is 0. The Labute approximate surface area is 61.7 Å². The van der Waals surface area contributed by atoms with Gasteiger partial charge in [-0.15, -0.1) is 23.5 Å².